The first kappa shape index (κ1) is 13.8. The first-order chi connectivity index (χ1) is 9.19. The number of hydrogen-bond donors (Lipinski definition) is 2. The third kappa shape index (κ3) is 3.94. The molecule has 0 atom stereocenters. The topological polar surface area (TPSA) is 41.9 Å². The summed E-state index contributed by atoms with van der Waals surface area (Å²) in [7, 11) is 0. The zero-order valence-corrected chi connectivity index (χ0v) is 12.1. The first-order valence-corrected chi connectivity index (χ1v) is 6.79. The van der Waals surface area contributed by atoms with E-state index in [0.717, 1.165) is 6.54 Å². The highest BCUT2D eigenvalue weighted by Gasteiger charge is 2.08. The predicted octanol–water partition coefficient (Wildman–Crippen LogP) is 2.89. The maximum atomic E-state index is 6.12. The Morgan fingerprint density at radius 1 is 1.37 bits per heavy atom. The highest BCUT2D eigenvalue weighted by atomic mass is 35.5. The van der Waals surface area contributed by atoms with Crippen LogP contribution in [-0.4, -0.2) is 21.4 Å². The molecule has 0 bridgehead atoms. The van der Waals surface area contributed by atoms with E-state index in [9.17, 15) is 0 Å². The Kier molecular flexibility index (Phi) is 4.76. The second-order valence-electron chi connectivity index (χ2n) is 3.99. The summed E-state index contributed by atoms with van der Waals surface area (Å²) >= 11 is 11.2. The molecule has 0 aliphatic heterocycles. The standard InChI is InChI=1S/C13H15ClN4S/c1-2-15-13(19)16-12-11(14)9-18(17-12)8-10-6-4-3-5-7-10/h3-7,9H,2,8H2,1H3,(H2,15,16,17,19). The van der Waals surface area contributed by atoms with Crippen molar-refractivity contribution in [1.29, 1.82) is 0 Å². The summed E-state index contributed by atoms with van der Waals surface area (Å²) in [6.45, 7) is 3.41. The molecule has 0 amide bonds. The van der Waals surface area contributed by atoms with Crippen molar-refractivity contribution in [3.8, 4) is 0 Å². The van der Waals surface area contributed by atoms with Crippen LogP contribution in [0.1, 0.15) is 12.5 Å². The molecule has 2 N–H and O–H groups in total. The largest absolute Gasteiger partial charge is 0.363 e. The van der Waals surface area contributed by atoms with E-state index in [-0.39, 0.29) is 0 Å². The molecule has 2 rings (SSSR count). The maximum absolute atomic E-state index is 6.12. The Balaban J connectivity index is 2.06. The number of nitrogens with one attached hydrogen (secondary N) is 2. The van der Waals surface area contributed by atoms with E-state index in [4.69, 9.17) is 23.8 Å². The van der Waals surface area contributed by atoms with Gasteiger partial charge in [0.15, 0.2) is 10.9 Å². The van der Waals surface area contributed by atoms with Gasteiger partial charge >= 0.3 is 0 Å². The molecule has 0 unspecified atom stereocenters. The molecule has 0 radical (unpaired) electrons. The van der Waals surface area contributed by atoms with E-state index in [0.29, 0.717) is 22.5 Å². The molecule has 0 saturated carbocycles. The van der Waals surface area contributed by atoms with Crippen LogP contribution in [0, 0.1) is 0 Å². The molecule has 0 fully saturated rings. The molecule has 0 aliphatic rings. The second kappa shape index (κ2) is 6.54. The summed E-state index contributed by atoms with van der Waals surface area (Å²) in [5, 5.41) is 11.4. The normalized spacial score (nSPS) is 10.2. The Morgan fingerprint density at radius 3 is 2.79 bits per heavy atom. The molecule has 4 nitrogen and oxygen atoms in total. The molecule has 2 aromatic rings. The van der Waals surface area contributed by atoms with Gasteiger partial charge in [0.2, 0.25) is 0 Å². The van der Waals surface area contributed by atoms with E-state index in [1.54, 1.807) is 10.9 Å². The molecule has 1 heterocycles. The molecular formula is C13H15ClN4S. The summed E-state index contributed by atoms with van der Waals surface area (Å²) in [6, 6.07) is 10.1. The lowest BCUT2D eigenvalue weighted by Gasteiger charge is -2.06. The Hall–Kier alpha value is -1.59. The smallest absolute Gasteiger partial charge is 0.173 e. The highest BCUT2D eigenvalue weighted by molar-refractivity contribution is 7.80. The minimum Gasteiger partial charge on any atom is -0.363 e. The Labute approximate surface area is 122 Å². The molecule has 19 heavy (non-hydrogen) atoms. The average molecular weight is 295 g/mol. The van der Waals surface area contributed by atoms with Crippen LogP contribution >= 0.6 is 23.8 Å². The van der Waals surface area contributed by atoms with Gasteiger partial charge in [-0.25, -0.2) is 0 Å². The fraction of sp³-hybridized carbons (Fsp3) is 0.231. The van der Waals surface area contributed by atoms with Gasteiger partial charge in [-0.05, 0) is 24.7 Å². The number of anilines is 1. The molecule has 6 heteroatoms. The predicted molar refractivity (Wildman–Crippen MR) is 82.7 cm³/mol. The van der Waals surface area contributed by atoms with Crippen molar-refractivity contribution in [1.82, 2.24) is 15.1 Å². The van der Waals surface area contributed by atoms with Gasteiger partial charge in [0, 0.05) is 12.7 Å². The van der Waals surface area contributed by atoms with Crippen LogP contribution < -0.4 is 10.6 Å². The minimum absolute atomic E-state index is 0.523. The number of thiocarbonyl (C=S) groups is 1. The monoisotopic (exact) mass is 294 g/mol. The number of benzene rings is 1. The van der Waals surface area contributed by atoms with Gasteiger partial charge in [-0.2, -0.15) is 5.10 Å². The molecule has 1 aromatic heterocycles. The van der Waals surface area contributed by atoms with Crippen molar-refractivity contribution in [2.45, 2.75) is 13.5 Å². The van der Waals surface area contributed by atoms with Crippen LogP contribution in [0.4, 0.5) is 5.82 Å². The van der Waals surface area contributed by atoms with Crippen molar-refractivity contribution in [3.63, 3.8) is 0 Å². The lowest BCUT2D eigenvalue weighted by molar-refractivity contribution is 0.690. The van der Waals surface area contributed by atoms with Gasteiger partial charge in [-0.3, -0.25) is 4.68 Å². The van der Waals surface area contributed by atoms with Crippen molar-refractivity contribution in [3.05, 3.63) is 47.1 Å². The van der Waals surface area contributed by atoms with Crippen LogP contribution in [0.3, 0.4) is 0 Å². The second-order valence-corrected chi connectivity index (χ2v) is 4.81. The van der Waals surface area contributed by atoms with E-state index < -0.39 is 0 Å². The number of halogens is 1. The van der Waals surface area contributed by atoms with Gasteiger partial charge in [-0.15, -0.1) is 0 Å². The fourth-order valence-electron chi connectivity index (χ4n) is 1.65. The maximum Gasteiger partial charge on any atom is 0.173 e. The summed E-state index contributed by atoms with van der Waals surface area (Å²) in [5.41, 5.74) is 1.17. The van der Waals surface area contributed by atoms with Gasteiger partial charge in [0.25, 0.3) is 0 Å². The fourth-order valence-corrected chi connectivity index (χ4v) is 2.08. The molecular weight excluding hydrogens is 280 g/mol. The Morgan fingerprint density at radius 2 is 2.11 bits per heavy atom. The molecule has 1 aromatic carbocycles. The van der Waals surface area contributed by atoms with Crippen LogP contribution in [0.2, 0.25) is 5.02 Å². The van der Waals surface area contributed by atoms with Crippen molar-refractivity contribution in [2.24, 2.45) is 0 Å². The summed E-state index contributed by atoms with van der Waals surface area (Å²) in [6.07, 6.45) is 1.78. The van der Waals surface area contributed by atoms with Crippen LogP contribution in [0.25, 0.3) is 0 Å². The molecule has 0 spiro atoms. The first-order valence-electron chi connectivity index (χ1n) is 6.00. The third-order valence-corrected chi connectivity index (χ3v) is 3.00. The van der Waals surface area contributed by atoms with Gasteiger partial charge in [-0.1, -0.05) is 41.9 Å². The average Bonchev–Trinajstić information content (AvgIpc) is 2.71. The highest BCUT2D eigenvalue weighted by Crippen LogP contribution is 2.19. The number of rotatable bonds is 4. The zero-order chi connectivity index (χ0) is 13.7. The van der Waals surface area contributed by atoms with E-state index in [1.165, 1.54) is 5.56 Å². The SMILES string of the molecule is CCNC(=S)Nc1nn(Cc2ccccc2)cc1Cl. The van der Waals surface area contributed by atoms with E-state index in [2.05, 4.69) is 15.7 Å². The van der Waals surface area contributed by atoms with E-state index >= 15 is 0 Å². The van der Waals surface area contributed by atoms with Crippen LogP contribution in [0.15, 0.2) is 36.5 Å². The van der Waals surface area contributed by atoms with E-state index in [1.807, 2.05) is 37.3 Å². The molecule has 100 valence electrons. The third-order valence-electron chi connectivity index (χ3n) is 2.47. The minimum atomic E-state index is 0.523. The van der Waals surface area contributed by atoms with Crippen molar-refractivity contribution in [2.75, 3.05) is 11.9 Å². The zero-order valence-electron chi connectivity index (χ0n) is 10.6. The van der Waals surface area contributed by atoms with Crippen molar-refractivity contribution >= 4 is 34.7 Å². The van der Waals surface area contributed by atoms with Gasteiger partial charge in [0.05, 0.1) is 6.54 Å². The Bertz CT molecular complexity index is 553. The van der Waals surface area contributed by atoms with Crippen LogP contribution in [0.5, 0.6) is 0 Å². The van der Waals surface area contributed by atoms with Crippen LogP contribution in [-0.2, 0) is 6.54 Å². The lowest BCUT2D eigenvalue weighted by Crippen LogP contribution is -2.28. The quantitative estimate of drug-likeness (QED) is 0.851. The number of hydrogen-bond acceptors (Lipinski definition) is 2. The number of aromatic nitrogens is 2. The molecule has 0 saturated heterocycles. The summed E-state index contributed by atoms with van der Waals surface area (Å²) in [5.74, 6) is 0.573. The summed E-state index contributed by atoms with van der Waals surface area (Å²) < 4.78 is 1.79. The van der Waals surface area contributed by atoms with Gasteiger partial charge < -0.3 is 10.6 Å². The van der Waals surface area contributed by atoms with Crippen molar-refractivity contribution < 1.29 is 0 Å². The molecule has 0 aliphatic carbocycles. The summed E-state index contributed by atoms with van der Waals surface area (Å²) in [4.78, 5) is 0. The van der Waals surface area contributed by atoms with Gasteiger partial charge in [0.1, 0.15) is 5.02 Å². The number of nitrogens with zero attached hydrogens (tertiary/aromatic N) is 2. The lowest BCUT2D eigenvalue weighted by atomic mass is 10.2.